The van der Waals surface area contributed by atoms with Crippen LogP contribution >= 0.6 is 0 Å². The molecule has 0 atom stereocenters. The van der Waals surface area contributed by atoms with E-state index in [1.165, 1.54) is 11.4 Å². The van der Waals surface area contributed by atoms with Gasteiger partial charge in [0.2, 0.25) is 11.8 Å². The van der Waals surface area contributed by atoms with Gasteiger partial charge in [0.1, 0.15) is 11.6 Å². The molecule has 0 unspecified atom stereocenters. The fourth-order valence-corrected chi connectivity index (χ4v) is 8.04. The van der Waals surface area contributed by atoms with Gasteiger partial charge in [-0.3, -0.25) is 9.59 Å². The van der Waals surface area contributed by atoms with Crippen LogP contribution in [0.2, 0.25) is 0 Å². The predicted molar refractivity (Wildman–Crippen MR) is 215 cm³/mol. The normalized spacial score (nSPS) is 17.5. The fourth-order valence-electron chi connectivity index (χ4n) is 8.04. The van der Waals surface area contributed by atoms with E-state index in [9.17, 15) is 9.59 Å². The van der Waals surface area contributed by atoms with Gasteiger partial charge in [-0.2, -0.15) is 0 Å². The molecule has 10 nitrogen and oxygen atoms in total. The minimum Gasteiger partial charge on any atom is -0.368 e. The molecule has 4 aliphatic rings. The second-order valence-corrected chi connectivity index (χ2v) is 15.2. The average Bonchev–Trinajstić information content (AvgIpc) is 4.18. The monoisotopic (exact) mass is 720 g/mol. The number of carbonyl (C=O) groups is 2. The highest BCUT2D eigenvalue weighted by Gasteiger charge is 2.35. The molecule has 0 bridgehead atoms. The first-order chi connectivity index (χ1) is 26.4. The molecule has 2 saturated carbocycles. The van der Waals surface area contributed by atoms with Gasteiger partial charge >= 0.3 is 0 Å². The number of para-hydroxylation sites is 4. The molecular formula is C44H48N8O2. The molecule has 4 fully saturated rings. The molecule has 0 radical (unpaired) electrons. The minimum atomic E-state index is 0.317. The number of rotatable bonds is 6. The Morgan fingerprint density at radius 2 is 0.889 bits per heavy atom. The zero-order chi connectivity index (χ0) is 36.8. The van der Waals surface area contributed by atoms with Crippen LogP contribution in [0.4, 0.5) is 11.4 Å². The Balaban J connectivity index is 0.000000142. The van der Waals surface area contributed by atoms with E-state index in [4.69, 9.17) is 9.97 Å². The molecule has 4 heterocycles. The summed E-state index contributed by atoms with van der Waals surface area (Å²) in [7, 11) is 4.14. The molecule has 2 aliphatic carbocycles. The van der Waals surface area contributed by atoms with Gasteiger partial charge in [0.15, 0.2) is 0 Å². The maximum Gasteiger partial charge on any atom is 0.225 e. The second-order valence-electron chi connectivity index (χ2n) is 15.2. The van der Waals surface area contributed by atoms with Crippen LogP contribution in [0.5, 0.6) is 0 Å². The first-order valence-electron chi connectivity index (χ1n) is 19.5. The van der Waals surface area contributed by atoms with Crippen LogP contribution in [0, 0.1) is 11.8 Å². The predicted octanol–water partition coefficient (Wildman–Crippen LogP) is 6.60. The molecule has 6 aromatic rings. The van der Waals surface area contributed by atoms with Gasteiger partial charge in [0.05, 0.1) is 22.1 Å². The van der Waals surface area contributed by atoms with E-state index >= 15 is 0 Å². The molecule has 2 aromatic heterocycles. The number of piperazine rings is 2. The Labute approximate surface area is 316 Å². The third-order valence-electron chi connectivity index (χ3n) is 11.5. The summed E-state index contributed by atoms with van der Waals surface area (Å²) in [5.74, 6) is 3.34. The van der Waals surface area contributed by atoms with Gasteiger partial charge in [-0.25, -0.2) is 9.97 Å². The Bertz CT molecular complexity index is 2160. The topological polar surface area (TPSA) is 82.7 Å². The number of fused-ring (bicyclic) bond motifs is 2. The van der Waals surface area contributed by atoms with E-state index in [2.05, 4.69) is 106 Å². The zero-order valence-electron chi connectivity index (χ0n) is 31.3. The van der Waals surface area contributed by atoms with Crippen molar-refractivity contribution in [3.05, 3.63) is 97.1 Å². The number of hydrogen-bond donors (Lipinski definition) is 0. The van der Waals surface area contributed by atoms with Crippen LogP contribution in [0.15, 0.2) is 97.1 Å². The molecule has 276 valence electrons. The highest BCUT2D eigenvalue weighted by atomic mass is 16.2. The van der Waals surface area contributed by atoms with E-state index in [0.29, 0.717) is 23.7 Å². The van der Waals surface area contributed by atoms with E-state index in [-0.39, 0.29) is 0 Å². The van der Waals surface area contributed by atoms with Crippen molar-refractivity contribution in [3.63, 3.8) is 0 Å². The van der Waals surface area contributed by atoms with Gasteiger partial charge in [-0.05, 0) is 74.2 Å². The number of carbonyl (C=O) groups excluding carboxylic acids is 2. The highest BCUT2D eigenvalue weighted by Crippen LogP contribution is 2.34. The van der Waals surface area contributed by atoms with Crippen LogP contribution in [0.1, 0.15) is 25.7 Å². The smallest absolute Gasteiger partial charge is 0.225 e. The van der Waals surface area contributed by atoms with E-state index in [0.717, 1.165) is 123 Å². The lowest BCUT2D eigenvalue weighted by molar-refractivity contribution is -0.133. The molecule has 10 heteroatoms. The van der Waals surface area contributed by atoms with Crippen molar-refractivity contribution in [1.29, 1.82) is 0 Å². The summed E-state index contributed by atoms with van der Waals surface area (Å²) >= 11 is 0. The molecule has 2 amide bonds. The second kappa shape index (κ2) is 14.3. The molecule has 54 heavy (non-hydrogen) atoms. The van der Waals surface area contributed by atoms with Crippen LogP contribution in [0.25, 0.3) is 44.8 Å². The number of aromatic nitrogens is 4. The van der Waals surface area contributed by atoms with Crippen LogP contribution in [-0.4, -0.2) is 93.1 Å². The summed E-state index contributed by atoms with van der Waals surface area (Å²) in [6, 6.07) is 33.7. The first kappa shape index (κ1) is 34.1. The largest absolute Gasteiger partial charge is 0.368 e. The summed E-state index contributed by atoms with van der Waals surface area (Å²) in [5, 5.41) is 0. The van der Waals surface area contributed by atoms with Crippen molar-refractivity contribution in [2.24, 2.45) is 25.9 Å². The third-order valence-corrected chi connectivity index (χ3v) is 11.5. The maximum atomic E-state index is 12.3. The SMILES string of the molecule is Cn1c(-c2cccc(N3CCN(C(=O)C4CC4)CC3)c2)nc2ccccc21.Cn1c(-c2cccc(N3CCN(C(=O)C4CC4)CC3)c2)nc2ccccc21. The molecule has 2 saturated heterocycles. The van der Waals surface area contributed by atoms with Crippen molar-refractivity contribution in [3.8, 4) is 22.8 Å². The Morgan fingerprint density at radius 1 is 0.500 bits per heavy atom. The number of amides is 2. The van der Waals surface area contributed by atoms with Crippen LogP contribution < -0.4 is 9.80 Å². The van der Waals surface area contributed by atoms with Crippen molar-refractivity contribution < 1.29 is 9.59 Å². The maximum absolute atomic E-state index is 12.3. The van der Waals surface area contributed by atoms with Crippen LogP contribution in [0.3, 0.4) is 0 Å². The Hall–Kier alpha value is -5.64. The van der Waals surface area contributed by atoms with E-state index in [1.807, 2.05) is 34.1 Å². The molecule has 0 N–H and O–H groups in total. The summed E-state index contributed by atoms with van der Waals surface area (Å²) in [4.78, 5) is 43.0. The number of benzene rings is 4. The number of nitrogens with zero attached hydrogens (tertiary/aromatic N) is 8. The summed E-state index contributed by atoms with van der Waals surface area (Å²) in [6.45, 7) is 6.87. The van der Waals surface area contributed by atoms with Gasteiger partial charge in [-0.15, -0.1) is 0 Å². The van der Waals surface area contributed by atoms with Gasteiger partial charge in [-0.1, -0.05) is 48.5 Å². The van der Waals surface area contributed by atoms with Gasteiger partial charge in [0, 0.05) is 101 Å². The van der Waals surface area contributed by atoms with Crippen LogP contribution in [-0.2, 0) is 23.7 Å². The average molecular weight is 721 g/mol. The summed E-state index contributed by atoms with van der Waals surface area (Å²) in [5.41, 5.74) is 9.00. The van der Waals surface area contributed by atoms with Gasteiger partial charge in [0.25, 0.3) is 0 Å². The van der Waals surface area contributed by atoms with E-state index < -0.39 is 0 Å². The molecule has 10 rings (SSSR count). The van der Waals surface area contributed by atoms with Crippen molar-refractivity contribution >= 4 is 45.3 Å². The number of anilines is 2. The molecule has 2 aliphatic heterocycles. The minimum absolute atomic E-state index is 0.317. The molecule has 0 spiro atoms. The van der Waals surface area contributed by atoms with Crippen molar-refractivity contribution in [1.82, 2.24) is 28.9 Å². The Kier molecular flexibility index (Phi) is 9.04. The van der Waals surface area contributed by atoms with Crippen molar-refractivity contribution in [2.75, 3.05) is 62.2 Å². The quantitative estimate of drug-likeness (QED) is 0.193. The van der Waals surface area contributed by atoms with Gasteiger partial charge < -0.3 is 28.7 Å². The lowest BCUT2D eigenvalue weighted by Crippen LogP contribution is -2.49. The number of aryl methyl sites for hydroxylation is 2. The lowest BCUT2D eigenvalue weighted by Gasteiger charge is -2.36. The standard InChI is InChI=1S/2C22H24N4O/c2*1-24-20-8-3-2-7-19(20)23-21(24)17-5-4-6-18(15-17)25-11-13-26(14-12-25)22(27)16-9-10-16/h2*2-8,15-16H,9-14H2,1H3. The van der Waals surface area contributed by atoms with Crippen molar-refractivity contribution in [2.45, 2.75) is 25.7 Å². The molecule has 4 aromatic carbocycles. The fraction of sp³-hybridized carbons (Fsp3) is 0.364. The number of hydrogen-bond acceptors (Lipinski definition) is 6. The van der Waals surface area contributed by atoms with E-state index in [1.54, 1.807) is 0 Å². The Morgan fingerprint density at radius 3 is 1.26 bits per heavy atom. The highest BCUT2D eigenvalue weighted by molar-refractivity contribution is 5.83. The summed E-state index contributed by atoms with van der Waals surface area (Å²) in [6.07, 6.45) is 4.33. The summed E-state index contributed by atoms with van der Waals surface area (Å²) < 4.78 is 4.31. The third kappa shape index (κ3) is 6.81. The first-order valence-corrected chi connectivity index (χ1v) is 19.5. The lowest BCUT2D eigenvalue weighted by atomic mass is 10.1. The number of imidazole rings is 2. The zero-order valence-corrected chi connectivity index (χ0v) is 31.3. The molecular weight excluding hydrogens is 673 g/mol.